The lowest BCUT2D eigenvalue weighted by Crippen LogP contribution is -2.58. The summed E-state index contributed by atoms with van der Waals surface area (Å²) >= 11 is 0. The Bertz CT molecular complexity index is 246. The largest absolute Gasteiger partial charge is 0.468 e. The smallest absolute Gasteiger partial charge is 0.327 e. The van der Waals surface area contributed by atoms with Gasteiger partial charge in [-0.15, -0.1) is 0 Å². The van der Waals surface area contributed by atoms with Crippen molar-refractivity contribution in [2.75, 3.05) is 27.2 Å². The molecule has 1 N–H and O–H groups in total. The van der Waals surface area contributed by atoms with E-state index in [9.17, 15) is 4.79 Å². The van der Waals surface area contributed by atoms with Gasteiger partial charge >= 0.3 is 5.97 Å². The SMILES string of the molecule is CCCNC(C)(CN(C)C(C)CCC)C(=O)OC. The van der Waals surface area contributed by atoms with Crippen molar-refractivity contribution in [3.05, 3.63) is 0 Å². The van der Waals surface area contributed by atoms with Gasteiger partial charge in [-0.3, -0.25) is 4.79 Å². The number of ether oxygens (including phenoxy) is 1. The lowest BCUT2D eigenvalue weighted by molar-refractivity contribution is -0.148. The molecule has 0 aliphatic heterocycles. The number of esters is 1. The summed E-state index contributed by atoms with van der Waals surface area (Å²) in [7, 11) is 3.51. The van der Waals surface area contributed by atoms with E-state index in [0.29, 0.717) is 12.6 Å². The maximum Gasteiger partial charge on any atom is 0.327 e. The standard InChI is InChI=1S/C14H30N2O2/c1-7-9-12(3)16(5)11-14(4,13(17)18-6)15-10-8-2/h12,15H,7-11H2,1-6H3. The van der Waals surface area contributed by atoms with Gasteiger partial charge in [0.1, 0.15) is 5.54 Å². The van der Waals surface area contributed by atoms with Gasteiger partial charge in [0.25, 0.3) is 0 Å². The summed E-state index contributed by atoms with van der Waals surface area (Å²) in [5, 5.41) is 3.31. The molecule has 0 aromatic heterocycles. The second kappa shape index (κ2) is 8.48. The van der Waals surface area contributed by atoms with E-state index in [2.05, 4.69) is 38.0 Å². The fourth-order valence-corrected chi connectivity index (χ4v) is 2.11. The van der Waals surface area contributed by atoms with Crippen molar-refractivity contribution < 1.29 is 9.53 Å². The predicted molar refractivity (Wildman–Crippen MR) is 75.7 cm³/mol. The topological polar surface area (TPSA) is 41.6 Å². The molecule has 0 aliphatic carbocycles. The molecule has 0 bridgehead atoms. The van der Waals surface area contributed by atoms with Gasteiger partial charge in [0.15, 0.2) is 0 Å². The van der Waals surface area contributed by atoms with E-state index in [1.807, 2.05) is 6.92 Å². The molecular weight excluding hydrogens is 228 g/mol. The van der Waals surface area contributed by atoms with E-state index >= 15 is 0 Å². The molecule has 0 heterocycles. The van der Waals surface area contributed by atoms with Crippen LogP contribution in [0.4, 0.5) is 0 Å². The Morgan fingerprint density at radius 2 is 2.00 bits per heavy atom. The van der Waals surface area contributed by atoms with E-state index in [1.165, 1.54) is 7.11 Å². The summed E-state index contributed by atoms with van der Waals surface area (Å²) in [6.45, 7) is 9.88. The van der Waals surface area contributed by atoms with Crippen molar-refractivity contribution in [3.8, 4) is 0 Å². The molecule has 0 fully saturated rings. The fraction of sp³-hybridized carbons (Fsp3) is 0.929. The first kappa shape index (κ1) is 17.4. The first-order valence-electron chi connectivity index (χ1n) is 6.95. The van der Waals surface area contributed by atoms with Gasteiger partial charge in [-0.05, 0) is 40.3 Å². The van der Waals surface area contributed by atoms with E-state index in [0.717, 1.165) is 25.8 Å². The minimum atomic E-state index is -0.624. The molecule has 0 amide bonds. The van der Waals surface area contributed by atoms with Crippen LogP contribution in [0, 0.1) is 0 Å². The summed E-state index contributed by atoms with van der Waals surface area (Å²) in [4.78, 5) is 14.2. The number of methoxy groups -OCH3 is 1. The molecule has 0 saturated heterocycles. The molecule has 18 heavy (non-hydrogen) atoms. The Hall–Kier alpha value is -0.610. The van der Waals surface area contributed by atoms with Crippen LogP contribution in [0.5, 0.6) is 0 Å². The van der Waals surface area contributed by atoms with E-state index in [1.54, 1.807) is 0 Å². The molecule has 2 unspecified atom stereocenters. The maximum atomic E-state index is 11.9. The van der Waals surface area contributed by atoms with Gasteiger partial charge in [-0.2, -0.15) is 0 Å². The highest BCUT2D eigenvalue weighted by atomic mass is 16.5. The molecule has 4 nitrogen and oxygen atoms in total. The highest BCUT2D eigenvalue weighted by Gasteiger charge is 2.35. The average Bonchev–Trinajstić information content (AvgIpc) is 2.35. The third kappa shape index (κ3) is 5.36. The molecule has 0 aliphatic rings. The number of carbonyl (C=O) groups is 1. The Kier molecular flexibility index (Phi) is 8.20. The van der Waals surface area contributed by atoms with Crippen LogP contribution in [0.2, 0.25) is 0 Å². The molecule has 0 saturated carbocycles. The van der Waals surface area contributed by atoms with Gasteiger partial charge in [-0.25, -0.2) is 0 Å². The first-order chi connectivity index (χ1) is 8.41. The number of nitrogens with one attached hydrogen (secondary N) is 1. The lowest BCUT2D eigenvalue weighted by atomic mass is 10.00. The van der Waals surface area contributed by atoms with Gasteiger partial charge in [0.05, 0.1) is 7.11 Å². The maximum absolute atomic E-state index is 11.9. The third-order valence-corrected chi connectivity index (χ3v) is 3.43. The Morgan fingerprint density at radius 3 is 2.44 bits per heavy atom. The van der Waals surface area contributed by atoms with Crippen molar-refractivity contribution in [2.45, 2.75) is 58.5 Å². The van der Waals surface area contributed by atoms with Gasteiger partial charge < -0.3 is 15.0 Å². The summed E-state index contributed by atoms with van der Waals surface area (Å²) < 4.78 is 4.92. The van der Waals surface area contributed by atoms with Crippen LogP contribution in [0.15, 0.2) is 0 Å². The van der Waals surface area contributed by atoms with Gasteiger partial charge in [-0.1, -0.05) is 20.3 Å². The van der Waals surface area contributed by atoms with Gasteiger partial charge in [0, 0.05) is 12.6 Å². The van der Waals surface area contributed by atoms with Crippen molar-refractivity contribution in [1.82, 2.24) is 10.2 Å². The van der Waals surface area contributed by atoms with Crippen molar-refractivity contribution >= 4 is 5.97 Å². The Balaban J connectivity index is 4.62. The second-order valence-corrected chi connectivity index (χ2v) is 5.30. The molecule has 4 heteroatoms. The zero-order chi connectivity index (χ0) is 14.2. The molecule has 0 aromatic carbocycles. The molecule has 2 atom stereocenters. The number of hydrogen-bond acceptors (Lipinski definition) is 4. The van der Waals surface area contributed by atoms with Crippen molar-refractivity contribution in [2.24, 2.45) is 0 Å². The van der Waals surface area contributed by atoms with Crippen LogP contribution < -0.4 is 5.32 Å². The molecule has 0 spiro atoms. The van der Waals surface area contributed by atoms with Crippen molar-refractivity contribution in [3.63, 3.8) is 0 Å². The third-order valence-electron chi connectivity index (χ3n) is 3.43. The number of hydrogen-bond donors (Lipinski definition) is 1. The average molecular weight is 258 g/mol. The van der Waals surface area contributed by atoms with Crippen molar-refractivity contribution in [1.29, 1.82) is 0 Å². The molecule has 0 radical (unpaired) electrons. The van der Waals surface area contributed by atoms with E-state index < -0.39 is 5.54 Å². The minimum absolute atomic E-state index is 0.188. The minimum Gasteiger partial charge on any atom is -0.468 e. The van der Waals surface area contributed by atoms with E-state index in [4.69, 9.17) is 4.74 Å². The summed E-state index contributed by atoms with van der Waals surface area (Å²) in [6, 6.07) is 0.474. The molecule has 0 aromatic rings. The fourth-order valence-electron chi connectivity index (χ4n) is 2.11. The van der Waals surface area contributed by atoms with Crippen LogP contribution in [0.25, 0.3) is 0 Å². The normalized spacial score (nSPS) is 16.4. The van der Waals surface area contributed by atoms with Crippen LogP contribution >= 0.6 is 0 Å². The van der Waals surface area contributed by atoms with E-state index in [-0.39, 0.29) is 5.97 Å². The number of nitrogens with zero attached hydrogens (tertiary/aromatic N) is 1. The lowest BCUT2D eigenvalue weighted by Gasteiger charge is -2.35. The highest BCUT2D eigenvalue weighted by Crippen LogP contribution is 2.13. The highest BCUT2D eigenvalue weighted by molar-refractivity contribution is 5.80. The zero-order valence-electron chi connectivity index (χ0n) is 12.9. The number of carbonyl (C=O) groups excluding carboxylic acids is 1. The summed E-state index contributed by atoms with van der Waals surface area (Å²) in [6.07, 6.45) is 3.30. The van der Waals surface area contributed by atoms with Gasteiger partial charge in [0.2, 0.25) is 0 Å². The number of rotatable bonds is 9. The van der Waals surface area contributed by atoms with Crippen LogP contribution in [0.1, 0.15) is 47.0 Å². The zero-order valence-corrected chi connectivity index (χ0v) is 12.9. The molecule has 0 rings (SSSR count). The molecular formula is C14H30N2O2. The van der Waals surface area contributed by atoms with Crippen LogP contribution in [0.3, 0.4) is 0 Å². The number of likely N-dealkylation sites (N-methyl/N-ethyl adjacent to an activating group) is 1. The van der Waals surface area contributed by atoms with Crippen LogP contribution in [-0.2, 0) is 9.53 Å². The second-order valence-electron chi connectivity index (χ2n) is 5.30. The summed E-state index contributed by atoms with van der Waals surface area (Å²) in [5.41, 5.74) is -0.624. The molecule has 108 valence electrons. The summed E-state index contributed by atoms with van der Waals surface area (Å²) in [5.74, 6) is -0.188. The first-order valence-corrected chi connectivity index (χ1v) is 6.95. The quantitative estimate of drug-likeness (QED) is 0.643. The monoisotopic (exact) mass is 258 g/mol. The predicted octanol–water partition coefficient (Wildman–Crippen LogP) is 2.04. The Labute approximate surface area is 112 Å². The van der Waals surface area contributed by atoms with Crippen LogP contribution in [-0.4, -0.2) is 49.7 Å². The Morgan fingerprint density at radius 1 is 1.39 bits per heavy atom.